The summed E-state index contributed by atoms with van der Waals surface area (Å²) in [6.07, 6.45) is 0. The van der Waals surface area contributed by atoms with Crippen LogP contribution in [-0.2, 0) is 10.0 Å². The predicted octanol–water partition coefficient (Wildman–Crippen LogP) is 3.27. The number of rotatable bonds is 6. The summed E-state index contributed by atoms with van der Waals surface area (Å²) in [4.78, 5) is 16.2. The van der Waals surface area contributed by atoms with Gasteiger partial charge in [0.1, 0.15) is 15.7 Å². The number of methoxy groups -OCH3 is 1. The second kappa shape index (κ2) is 7.21. The van der Waals surface area contributed by atoms with Gasteiger partial charge >= 0.3 is 0 Å². The molecule has 25 heavy (non-hydrogen) atoms. The highest BCUT2D eigenvalue weighted by Gasteiger charge is 2.18. The van der Waals surface area contributed by atoms with Crippen LogP contribution in [0.15, 0.2) is 51.4 Å². The molecule has 0 aliphatic carbocycles. The topological polar surface area (TPSA) is 97.4 Å². The number of carbonyl (C=O) groups excluding carboxylic acids is 1. The molecule has 0 spiro atoms. The summed E-state index contributed by atoms with van der Waals surface area (Å²) < 4.78 is 31.9. The molecule has 0 unspecified atom stereocenters. The minimum atomic E-state index is -3.68. The van der Waals surface area contributed by atoms with Gasteiger partial charge < -0.3 is 10.1 Å². The van der Waals surface area contributed by atoms with E-state index < -0.39 is 15.9 Å². The van der Waals surface area contributed by atoms with E-state index in [0.717, 1.165) is 22.7 Å². The molecule has 0 fully saturated rings. The van der Waals surface area contributed by atoms with Crippen LogP contribution < -0.4 is 14.8 Å². The molecule has 2 heterocycles. The van der Waals surface area contributed by atoms with Crippen molar-refractivity contribution < 1.29 is 17.9 Å². The Bertz CT molecular complexity index is 964. The molecule has 0 bridgehead atoms. The van der Waals surface area contributed by atoms with E-state index in [1.165, 1.54) is 11.4 Å². The van der Waals surface area contributed by atoms with Gasteiger partial charge in [-0.1, -0.05) is 6.07 Å². The molecule has 0 radical (unpaired) electrons. The quantitative estimate of drug-likeness (QED) is 0.668. The number of hydrogen-bond donors (Lipinski definition) is 2. The fourth-order valence-corrected chi connectivity index (χ4v) is 4.81. The Kier molecular flexibility index (Phi) is 5.02. The number of ether oxygens (including phenoxy) is 1. The third-order valence-electron chi connectivity index (χ3n) is 3.07. The van der Waals surface area contributed by atoms with Crippen molar-refractivity contribution in [3.8, 4) is 5.75 Å². The molecule has 10 heteroatoms. The molecule has 130 valence electrons. The minimum absolute atomic E-state index is 0.129. The molecule has 0 saturated heterocycles. The van der Waals surface area contributed by atoms with Crippen LogP contribution in [0.4, 0.5) is 10.8 Å². The Morgan fingerprint density at radius 1 is 1.16 bits per heavy atom. The maximum absolute atomic E-state index is 12.2. The molecule has 0 atom stereocenters. The molecule has 3 rings (SSSR count). The van der Waals surface area contributed by atoms with Gasteiger partial charge in [0.2, 0.25) is 0 Å². The molecule has 0 aliphatic heterocycles. The summed E-state index contributed by atoms with van der Waals surface area (Å²) in [5.41, 5.74) is 0.712. The first-order valence-corrected chi connectivity index (χ1v) is 10.2. The number of carbonyl (C=O) groups is 1. The van der Waals surface area contributed by atoms with Crippen LogP contribution in [0, 0.1) is 0 Å². The van der Waals surface area contributed by atoms with Crippen LogP contribution in [0.25, 0.3) is 0 Å². The highest BCUT2D eigenvalue weighted by molar-refractivity contribution is 7.94. The second-order valence-corrected chi connectivity index (χ2v) is 8.47. The summed E-state index contributed by atoms with van der Waals surface area (Å²) in [7, 11) is -2.12. The van der Waals surface area contributed by atoms with Crippen LogP contribution in [0.2, 0.25) is 0 Å². The normalized spacial score (nSPS) is 11.1. The van der Waals surface area contributed by atoms with Gasteiger partial charge in [-0.3, -0.25) is 9.52 Å². The molecule has 3 aromatic rings. The van der Waals surface area contributed by atoms with Crippen molar-refractivity contribution in [2.75, 3.05) is 17.1 Å². The van der Waals surface area contributed by atoms with E-state index in [-0.39, 0.29) is 15.0 Å². The number of sulfonamides is 1. The number of nitrogens with zero attached hydrogens (tertiary/aromatic N) is 1. The molecule has 0 saturated carbocycles. The number of thiophene rings is 1. The zero-order valence-electron chi connectivity index (χ0n) is 12.9. The number of aromatic nitrogens is 1. The Labute approximate surface area is 152 Å². The first kappa shape index (κ1) is 17.4. The maximum Gasteiger partial charge on any atom is 0.275 e. The predicted molar refractivity (Wildman–Crippen MR) is 98.2 cm³/mol. The Morgan fingerprint density at radius 2 is 1.92 bits per heavy atom. The van der Waals surface area contributed by atoms with Crippen LogP contribution in [0.1, 0.15) is 10.5 Å². The number of amides is 1. The number of hydrogen-bond acceptors (Lipinski definition) is 7. The first-order chi connectivity index (χ1) is 12.0. The van der Waals surface area contributed by atoms with Crippen LogP contribution in [0.5, 0.6) is 5.75 Å². The zero-order valence-corrected chi connectivity index (χ0v) is 15.4. The van der Waals surface area contributed by atoms with Gasteiger partial charge in [0.15, 0.2) is 5.13 Å². The lowest BCUT2D eigenvalue weighted by molar-refractivity contribution is 0.102. The highest BCUT2D eigenvalue weighted by atomic mass is 32.2. The minimum Gasteiger partial charge on any atom is -0.497 e. The van der Waals surface area contributed by atoms with Gasteiger partial charge in [-0.05, 0) is 35.7 Å². The molecular formula is C15H13N3O4S3. The molecule has 0 aliphatic rings. The Morgan fingerprint density at radius 3 is 2.56 bits per heavy atom. The molecule has 2 N–H and O–H groups in total. The van der Waals surface area contributed by atoms with E-state index in [9.17, 15) is 13.2 Å². The van der Waals surface area contributed by atoms with Crippen molar-refractivity contribution in [3.63, 3.8) is 0 Å². The maximum atomic E-state index is 12.2. The summed E-state index contributed by atoms with van der Waals surface area (Å²) in [6.45, 7) is 0. The SMILES string of the molecule is COc1ccc(NC(=O)c2csc(NS(=O)(=O)c3cccs3)n2)cc1. The van der Waals surface area contributed by atoms with Crippen molar-refractivity contribution >= 4 is 49.4 Å². The fraction of sp³-hybridized carbons (Fsp3) is 0.0667. The Hall–Kier alpha value is -2.43. The van der Waals surface area contributed by atoms with Gasteiger partial charge in [0.05, 0.1) is 7.11 Å². The Balaban J connectivity index is 1.69. The van der Waals surface area contributed by atoms with Gasteiger partial charge in [-0.2, -0.15) is 0 Å². The molecule has 1 aromatic carbocycles. The van der Waals surface area contributed by atoms with E-state index >= 15 is 0 Å². The largest absolute Gasteiger partial charge is 0.497 e. The van der Waals surface area contributed by atoms with Gasteiger partial charge in [-0.15, -0.1) is 22.7 Å². The number of thiazole rings is 1. The summed E-state index contributed by atoms with van der Waals surface area (Å²) in [5.74, 6) is 0.250. The number of anilines is 2. The van der Waals surface area contributed by atoms with Crippen molar-refractivity contribution in [1.29, 1.82) is 0 Å². The third kappa shape index (κ3) is 4.16. The van der Waals surface area contributed by atoms with E-state index in [2.05, 4.69) is 15.0 Å². The smallest absolute Gasteiger partial charge is 0.275 e. The van der Waals surface area contributed by atoms with Gasteiger partial charge in [0, 0.05) is 11.1 Å². The first-order valence-electron chi connectivity index (χ1n) is 6.95. The van der Waals surface area contributed by atoms with Gasteiger partial charge in [0.25, 0.3) is 15.9 Å². The molecular weight excluding hydrogens is 382 g/mol. The van der Waals surface area contributed by atoms with Crippen LogP contribution in [0.3, 0.4) is 0 Å². The average Bonchev–Trinajstić information content (AvgIpc) is 3.27. The van der Waals surface area contributed by atoms with Crippen LogP contribution >= 0.6 is 22.7 Å². The summed E-state index contributed by atoms with van der Waals surface area (Å²) in [6, 6.07) is 9.98. The number of benzene rings is 1. The number of nitrogens with one attached hydrogen (secondary N) is 2. The molecule has 1 amide bonds. The lowest BCUT2D eigenvalue weighted by Crippen LogP contribution is -2.14. The van der Waals surface area contributed by atoms with Crippen molar-refractivity contribution in [1.82, 2.24) is 4.98 Å². The standard InChI is InChI=1S/C15H13N3O4S3/c1-22-11-6-4-10(5-7-11)16-14(19)12-9-24-15(17-12)18-25(20,21)13-3-2-8-23-13/h2-9H,1H3,(H,16,19)(H,17,18). The zero-order chi connectivity index (χ0) is 17.9. The van der Waals surface area contributed by atoms with E-state index in [1.807, 2.05) is 0 Å². The van der Waals surface area contributed by atoms with Crippen molar-refractivity contribution in [3.05, 3.63) is 52.9 Å². The van der Waals surface area contributed by atoms with E-state index in [4.69, 9.17) is 4.74 Å². The van der Waals surface area contributed by atoms with E-state index in [0.29, 0.717) is 11.4 Å². The highest BCUT2D eigenvalue weighted by Crippen LogP contribution is 2.23. The van der Waals surface area contributed by atoms with Crippen molar-refractivity contribution in [2.24, 2.45) is 0 Å². The van der Waals surface area contributed by atoms with E-state index in [1.54, 1.807) is 42.8 Å². The van der Waals surface area contributed by atoms with Crippen molar-refractivity contribution in [2.45, 2.75) is 4.21 Å². The molecule has 2 aromatic heterocycles. The van der Waals surface area contributed by atoms with Gasteiger partial charge in [-0.25, -0.2) is 13.4 Å². The summed E-state index contributed by atoms with van der Waals surface area (Å²) >= 11 is 2.14. The molecule has 7 nitrogen and oxygen atoms in total. The third-order valence-corrected chi connectivity index (χ3v) is 6.69. The lowest BCUT2D eigenvalue weighted by atomic mass is 10.3. The summed E-state index contributed by atoms with van der Waals surface area (Å²) in [5, 5.41) is 5.98. The fourth-order valence-electron chi connectivity index (χ4n) is 1.88. The average molecular weight is 395 g/mol. The van der Waals surface area contributed by atoms with Crippen LogP contribution in [-0.4, -0.2) is 26.4 Å². The second-order valence-electron chi connectivity index (χ2n) is 4.76. The lowest BCUT2D eigenvalue weighted by Gasteiger charge is -2.04. The monoisotopic (exact) mass is 395 g/mol.